The molecule has 1 unspecified atom stereocenters. The van der Waals surface area contributed by atoms with Gasteiger partial charge in [0.15, 0.2) is 0 Å². The molecule has 88 valence electrons. The second-order valence-corrected chi connectivity index (χ2v) is 4.00. The zero-order valence-corrected chi connectivity index (χ0v) is 10.7. The number of carbonyl (C=O) groups excluding carboxylic acids is 1. The fraction of sp³-hybridized carbons (Fsp3) is 0.364. The van der Waals surface area contributed by atoms with E-state index >= 15 is 0 Å². The predicted octanol–water partition coefficient (Wildman–Crippen LogP) is 2.41. The molecule has 16 heavy (non-hydrogen) atoms. The van der Waals surface area contributed by atoms with E-state index in [1.165, 1.54) is 6.07 Å². The second-order valence-electron chi connectivity index (χ2n) is 3.15. The zero-order valence-electron chi connectivity index (χ0n) is 9.09. The minimum atomic E-state index is -0.572. The maximum Gasteiger partial charge on any atom is 0.327 e. The van der Waals surface area contributed by atoms with Crippen LogP contribution in [0.4, 0.5) is 4.39 Å². The van der Waals surface area contributed by atoms with Crippen LogP contribution in [0.5, 0.6) is 0 Å². The molecule has 0 fully saturated rings. The van der Waals surface area contributed by atoms with Crippen molar-refractivity contribution in [3.8, 4) is 0 Å². The first-order chi connectivity index (χ1) is 7.60. The first kappa shape index (κ1) is 13.1. The van der Waals surface area contributed by atoms with E-state index in [2.05, 4.69) is 21.2 Å². The summed E-state index contributed by atoms with van der Waals surface area (Å²) in [7, 11) is 1.65. The van der Waals surface area contributed by atoms with E-state index in [-0.39, 0.29) is 11.8 Å². The van der Waals surface area contributed by atoms with Crippen molar-refractivity contribution in [2.75, 3.05) is 13.7 Å². The number of nitrogens with one attached hydrogen (secondary N) is 1. The van der Waals surface area contributed by atoms with E-state index < -0.39 is 6.04 Å². The molecule has 0 bridgehead atoms. The molecule has 0 radical (unpaired) electrons. The molecule has 0 amide bonds. The molecule has 0 saturated heterocycles. The Labute approximate surface area is 102 Å². The molecule has 0 aliphatic heterocycles. The lowest BCUT2D eigenvalue weighted by Gasteiger charge is -2.15. The average Bonchev–Trinajstić information content (AvgIpc) is 2.25. The molecule has 1 rings (SSSR count). The van der Waals surface area contributed by atoms with Crippen LogP contribution >= 0.6 is 15.9 Å². The molecule has 0 heterocycles. The maximum absolute atomic E-state index is 13.0. The Morgan fingerprint density at radius 2 is 2.31 bits per heavy atom. The fourth-order valence-corrected chi connectivity index (χ4v) is 1.73. The molecular weight excluding hydrogens is 277 g/mol. The van der Waals surface area contributed by atoms with Crippen LogP contribution in [0.25, 0.3) is 0 Å². The lowest BCUT2D eigenvalue weighted by molar-refractivity contribution is -0.145. The Hall–Kier alpha value is -0.940. The third kappa shape index (κ3) is 3.02. The molecule has 3 nitrogen and oxygen atoms in total. The lowest BCUT2D eigenvalue weighted by atomic mass is 10.1. The van der Waals surface area contributed by atoms with Gasteiger partial charge in [-0.25, -0.2) is 9.18 Å². The summed E-state index contributed by atoms with van der Waals surface area (Å²) in [6.07, 6.45) is 0. The number of likely N-dealkylation sites (N-methyl/N-ethyl adjacent to an activating group) is 1. The van der Waals surface area contributed by atoms with Crippen LogP contribution in [0, 0.1) is 5.82 Å². The van der Waals surface area contributed by atoms with Gasteiger partial charge in [-0.3, -0.25) is 0 Å². The fourth-order valence-electron chi connectivity index (χ4n) is 1.34. The number of hydrogen-bond donors (Lipinski definition) is 1. The van der Waals surface area contributed by atoms with E-state index in [1.54, 1.807) is 26.1 Å². The van der Waals surface area contributed by atoms with Crippen molar-refractivity contribution in [1.82, 2.24) is 5.32 Å². The largest absolute Gasteiger partial charge is 0.465 e. The van der Waals surface area contributed by atoms with E-state index in [9.17, 15) is 9.18 Å². The Bertz CT molecular complexity index is 384. The molecule has 1 atom stereocenters. The third-order valence-electron chi connectivity index (χ3n) is 2.09. The summed E-state index contributed by atoms with van der Waals surface area (Å²) in [6.45, 7) is 2.06. The van der Waals surface area contributed by atoms with Crippen molar-refractivity contribution in [2.45, 2.75) is 13.0 Å². The van der Waals surface area contributed by atoms with Crippen molar-refractivity contribution in [1.29, 1.82) is 0 Å². The van der Waals surface area contributed by atoms with Crippen LogP contribution in [-0.4, -0.2) is 19.6 Å². The average molecular weight is 290 g/mol. The zero-order chi connectivity index (χ0) is 12.1. The molecule has 5 heteroatoms. The number of benzene rings is 1. The summed E-state index contributed by atoms with van der Waals surface area (Å²) in [4.78, 5) is 11.6. The summed E-state index contributed by atoms with van der Waals surface area (Å²) in [5.41, 5.74) is 0.661. The molecular formula is C11H13BrFNO2. The summed E-state index contributed by atoms with van der Waals surface area (Å²) in [6, 6.07) is 3.85. The highest BCUT2D eigenvalue weighted by Gasteiger charge is 2.20. The third-order valence-corrected chi connectivity index (χ3v) is 2.70. The Balaban J connectivity index is 2.95. The first-order valence-corrected chi connectivity index (χ1v) is 5.68. The predicted molar refractivity (Wildman–Crippen MR) is 62.5 cm³/mol. The smallest absolute Gasteiger partial charge is 0.327 e. The van der Waals surface area contributed by atoms with Crippen LogP contribution in [0.3, 0.4) is 0 Å². The minimum Gasteiger partial charge on any atom is -0.465 e. The number of hydrogen-bond acceptors (Lipinski definition) is 3. The molecule has 0 aliphatic rings. The lowest BCUT2D eigenvalue weighted by Crippen LogP contribution is -2.27. The van der Waals surface area contributed by atoms with Gasteiger partial charge in [-0.2, -0.15) is 0 Å². The molecule has 0 saturated carbocycles. The summed E-state index contributed by atoms with van der Waals surface area (Å²) in [5.74, 6) is -0.731. The minimum absolute atomic E-state index is 0.319. The highest BCUT2D eigenvalue weighted by Crippen LogP contribution is 2.22. The van der Waals surface area contributed by atoms with Gasteiger partial charge >= 0.3 is 5.97 Å². The van der Waals surface area contributed by atoms with Crippen LogP contribution in [0.2, 0.25) is 0 Å². The van der Waals surface area contributed by atoms with Crippen LogP contribution in [0.15, 0.2) is 22.7 Å². The van der Waals surface area contributed by atoms with Gasteiger partial charge in [0.05, 0.1) is 11.1 Å². The van der Waals surface area contributed by atoms with Gasteiger partial charge in [0, 0.05) is 0 Å². The topological polar surface area (TPSA) is 38.3 Å². The molecule has 0 aromatic heterocycles. The van der Waals surface area contributed by atoms with E-state index in [1.807, 2.05) is 0 Å². The van der Waals surface area contributed by atoms with Crippen LogP contribution < -0.4 is 5.32 Å². The van der Waals surface area contributed by atoms with Crippen molar-refractivity contribution in [2.24, 2.45) is 0 Å². The highest BCUT2D eigenvalue weighted by molar-refractivity contribution is 9.10. The van der Waals surface area contributed by atoms with Crippen molar-refractivity contribution >= 4 is 21.9 Å². The Kier molecular flexibility index (Phi) is 4.89. The molecule has 1 aromatic rings. The summed E-state index contributed by atoms with van der Waals surface area (Å²) < 4.78 is 18.3. The first-order valence-electron chi connectivity index (χ1n) is 4.89. The van der Waals surface area contributed by atoms with E-state index in [0.29, 0.717) is 16.6 Å². The van der Waals surface area contributed by atoms with Gasteiger partial charge in [0.1, 0.15) is 11.9 Å². The van der Waals surface area contributed by atoms with Crippen LogP contribution in [0.1, 0.15) is 18.5 Å². The van der Waals surface area contributed by atoms with Crippen molar-refractivity contribution < 1.29 is 13.9 Å². The molecule has 1 aromatic carbocycles. The van der Waals surface area contributed by atoms with Gasteiger partial charge in [-0.05, 0) is 47.6 Å². The van der Waals surface area contributed by atoms with Gasteiger partial charge in [0.25, 0.3) is 0 Å². The number of ether oxygens (including phenoxy) is 1. The Morgan fingerprint density at radius 3 is 2.81 bits per heavy atom. The SMILES string of the molecule is CCOC(=O)C(NC)c1ccc(F)c(Br)c1. The summed E-state index contributed by atoms with van der Waals surface area (Å²) in [5, 5.41) is 2.83. The van der Waals surface area contributed by atoms with Crippen molar-refractivity contribution in [3.05, 3.63) is 34.1 Å². The van der Waals surface area contributed by atoms with Gasteiger partial charge in [-0.15, -0.1) is 0 Å². The number of rotatable bonds is 4. The molecule has 0 aliphatic carbocycles. The second kappa shape index (κ2) is 5.96. The van der Waals surface area contributed by atoms with E-state index in [0.717, 1.165) is 0 Å². The standard InChI is InChI=1S/C11H13BrFNO2/c1-3-16-11(15)10(14-2)7-4-5-9(13)8(12)6-7/h4-6,10,14H,3H2,1-2H3. The maximum atomic E-state index is 13.0. The molecule has 1 N–H and O–H groups in total. The van der Waals surface area contributed by atoms with E-state index in [4.69, 9.17) is 4.74 Å². The van der Waals surface area contributed by atoms with Crippen molar-refractivity contribution in [3.63, 3.8) is 0 Å². The quantitative estimate of drug-likeness (QED) is 0.865. The van der Waals surface area contributed by atoms with Gasteiger partial charge in [0.2, 0.25) is 0 Å². The Morgan fingerprint density at radius 1 is 1.62 bits per heavy atom. The number of esters is 1. The molecule has 0 spiro atoms. The van der Waals surface area contributed by atoms with Crippen LogP contribution in [-0.2, 0) is 9.53 Å². The monoisotopic (exact) mass is 289 g/mol. The van der Waals surface area contributed by atoms with Gasteiger partial charge in [-0.1, -0.05) is 6.07 Å². The highest BCUT2D eigenvalue weighted by atomic mass is 79.9. The number of halogens is 2. The van der Waals surface area contributed by atoms with Gasteiger partial charge < -0.3 is 10.1 Å². The number of carbonyl (C=O) groups is 1. The summed E-state index contributed by atoms with van der Waals surface area (Å²) >= 11 is 3.08. The normalized spacial score (nSPS) is 12.2.